The second kappa shape index (κ2) is 4.94. The maximum atomic E-state index is 10.3. The van der Waals surface area contributed by atoms with Gasteiger partial charge in [-0.2, -0.15) is 0 Å². The van der Waals surface area contributed by atoms with Crippen LogP contribution in [-0.4, -0.2) is 12.2 Å². The lowest BCUT2D eigenvalue weighted by Crippen LogP contribution is -2.02. The molecule has 1 unspecified atom stereocenters. The monoisotopic (exact) mass is 296 g/mol. The van der Waals surface area contributed by atoms with E-state index >= 15 is 0 Å². The van der Waals surface area contributed by atoms with Gasteiger partial charge in [-0.3, -0.25) is 0 Å². The van der Waals surface area contributed by atoms with Crippen LogP contribution in [0.2, 0.25) is 0 Å². The fraction of sp³-hybridized carbons (Fsp3) is 0.231. The van der Waals surface area contributed by atoms with E-state index in [0.717, 1.165) is 10.0 Å². The summed E-state index contributed by atoms with van der Waals surface area (Å²) in [4.78, 5) is 0. The van der Waals surface area contributed by atoms with Gasteiger partial charge < -0.3 is 14.3 Å². The fourth-order valence-electron chi connectivity index (χ4n) is 1.71. The molecule has 1 aromatic carbocycles. The normalized spacial score (nSPS) is 12.5. The molecular formula is C13H13BrO3. The predicted molar refractivity (Wildman–Crippen MR) is 68.2 cm³/mol. The van der Waals surface area contributed by atoms with E-state index in [0.29, 0.717) is 17.1 Å². The number of aryl methyl sites for hydroxylation is 1. The minimum atomic E-state index is -0.839. The Bertz CT molecular complexity index is 519. The largest absolute Gasteiger partial charge is 0.496 e. The van der Waals surface area contributed by atoms with Gasteiger partial charge in [0, 0.05) is 5.56 Å². The number of aliphatic hydroxyl groups excluding tert-OH is 1. The lowest BCUT2D eigenvalue weighted by molar-refractivity contribution is 0.184. The van der Waals surface area contributed by atoms with Crippen molar-refractivity contribution in [3.8, 4) is 5.75 Å². The van der Waals surface area contributed by atoms with Gasteiger partial charge in [0.05, 0.1) is 17.8 Å². The molecule has 2 rings (SSSR count). The molecule has 0 saturated carbocycles. The van der Waals surface area contributed by atoms with E-state index in [2.05, 4.69) is 15.9 Å². The van der Waals surface area contributed by atoms with E-state index in [-0.39, 0.29) is 0 Å². The number of rotatable bonds is 3. The topological polar surface area (TPSA) is 42.6 Å². The Balaban J connectivity index is 2.46. The minimum Gasteiger partial charge on any atom is -0.496 e. The van der Waals surface area contributed by atoms with Crippen LogP contribution in [-0.2, 0) is 0 Å². The molecule has 0 aliphatic rings. The van der Waals surface area contributed by atoms with Crippen molar-refractivity contribution in [3.63, 3.8) is 0 Å². The van der Waals surface area contributed by atoms with Crippen LogP contribution < -0.4 is 4.74 Å². The number of benzene rings is 1. The number of halogens is 1. The van der Waals surface area contributed by atoms with Crippen molar-refractivity contribution >= 4 is 15.9 Å². The molecule has 2 aromatic rings. The molecule has 17 heavy (non-hydrogen) atoms. The molecule has 0 bridgehead atoms. The average molecular weight is 297 g/mol. The molecule has 0 radical (unpaired) electrons. The van der Waals surface area contributed by atoms with Gasteiger partial charge in [-0.1, -0.05) is 11.6 Å². The van der Waals surface area contributed by atoms with Crippen molar-refractivity contribution < 1.29 is 14.3 Å². The Labute approximate surface area is 108 Å². The van der Waals surface area contributed by atoms with Crippen molar-refractivity contribution in [1.29, 1.82) is 0 Å². The van der Waals surface area contributed by atoms with Crippen LogP contribution in [0.15, 0.2) is 39.4 Å². The maximum Gasteiger partial charge on any atom is 0.151 e. The molecule has 4 heteroatoms. The summed E-state index contributed by atoms with van der Waals surface area (Å²) in [6.07, 6.45) is 0.694. The Morgan fingerprint density at radius 2 is 2.12 bits per heavy atom. The van der Waals surface area contributed by atoms with E-state index in [1.807, 2.05) is 25.1 Å². The first-order valence-electron chi connectivity index (χ1n) is 5.19. The van der Waals surface area contributed by atoms with Crippen molar-refractivity contribution in [2.45, 2.75) is 13.0 Å². The lowest BCUT2D eigenvalue weighted by atomic mass is 10.0. The minimum absolute atomic E-state index is 0.480. The zero-order valence-corrected chi connectivity index (χ0v) is 11.2. The molecule has 3 nitrogen and oxygen atoms in total. The summed E-state index contributed by atoms with van der Waals surface area (Å²) < 4.78 is 11.3. The van der Waals surface area contributed by atoms with Crippen LogP contribution in [0.1, 0.15) is 23.0 Å². The zero-order chi connectivity index (χ0) is 12.4. The third kappa shape index (κ3) is 2.37. The van der Waals surface area contributed by atoms with Crippen molar-refractivity contribution in [2.24, 2.45) is 0 Å². The van der Waals surface area contributed by atoms with Crippen LogP contribution in [0, 0.1) is 6.92 Å². The average Bonchev–Trinajstić information content (AvgIpc) is 2.74. The molecule has 1 N–H and O–H groups in total. The van der Waals surface area contributed by atoms with Gasteiger partial charge in [0.15, 0.2) is 5.76 Å². The number of aliphatic hydroxyl groups is 1. The summed E-state index contributed by atoms with van der Waals surface area (Å²) in [6.45, 7) is 1.97. The number of ether oxygens (including phenoxy) is 1. The number of hydrogen-bond donors (Lipinski definition) is 1. The van der Waals surface area contributed by atoms with Crippen LogP contribution in [0.25, 0.3) is 0 Å². The van der Waals surface area contributed by atoms with Crippen molar-refractivity contribution in [2.75, 3.05) is 7.11 Å². The summed E-state index contributed by atoms with van der Waals surface area (Å²) in [5.74, 6) is 1.13. The number of furan rings is 1. The van der Waals surface area contributed by atoms with Gasteiger partial charge in [-0.25, -0.2) is 0 Å². The highest BCUT2D eigenvalue weighted by Crippen LogP contribution is 2.34. The molecule has 0 saturated heterocycles. The van der Waals surface area contributed by atoms with Gasteiger partial charge in [0.1, 0.15) is 11.9 Å². The predicted octanol–water partition coefficient (Wildman–Crippen LogP) is 3.44. The third-order valence-corrected chi connectivity index (χ3v) is 3.23. The van der Waals surface area contributed by atoms with Gasteiger partial charge in [-0.05, 0) is 41.1 Å². The maximum absolute atomic E-state index is 10.3. The molecule has 1 aromatic heterocycles. The highest BCUT2D eigenvalue weighted by Gasteiger charge is 2.20. The number of methoxy groups -OCH3 is 1. The van der Waals surface area contributed by atoms with E-state index in [1.54, 1.807) is 13.2 Å². The van der Waals surface area contributed by atoms with Crippen LogP contribution >= 0.6 is 15.9 Å². The van der Waals surface area contributed by atoms with Crippen molar-refractivity contribution in [1.82, 2.24) is 0 Å². The van der Waals surface area contributed by atoms with E-state index < -0.39 is 6.10 Å². The highest BCUT2D eigenvalue weighted by atomic mass is 79.9. The zero-order valence-electron chi connectivity index (χ0n) is 9.61. The van der Waals surface area contributed by atoms with E-state index in [4.69, 9.17) is 9.15 Å². The second-order valence-electron chi connectivity index (χ2n) is 3.78. The van der Waals surface area contributed by atoms with Crippen LogP contribution in [0.3, 0.4) is 0 Å². The molecule has 0 fully saturated rings. The van der Waals surface area contributed by atoms with Gasteiger partial charge in [-0.15, -0.1) is 0 Å². The number of hydrogen-bond acceptors (Lipinski definition) is 3. The molecule has 0 amide bonds. The second-order valence-corrected chi connectivity index (χ2v) is 4.64. The standard InChI is InChI=1S/C13H13BrO3/c1-8-3-4-11(16-2)9(7-8)12(15)13-10(14)5-6-17-13/h3-7,12,15H,1-2H3. The highest BCUT2D eigenvalue weighted by molar-refractivity contribution is 9.10. The Morgan fingerprint density at radius 1 is 1.35 bits per heavy atom. The quantitative estimate of drug-likeness (QED) is 0.943. The summed E-state index contributed by atoms with van der Waals surface area (Å²) in [5, 5.41) is 10.3. The Morgan fingerprint density at radius 3 is 2.71 bits per heavy atom. The molecule has 1 heterocycles. The summed E-state index contributed by atoms with van der Waals surface area (Å²) in [6, 6.07) is 7.41. The first-order chi connectivity index (χ1) is 8.13. The van der Waals surface area contributed by atoms with Crippen LogP contribution in [0.4, 0.5) is 0 Å². The summed E-state index contributed by atoms with van der Waals surface area (Å²) >= 11 is 3.33. The molecular weight excluding hydrogens is 284 g/mol. The first-order valence-corrected chi connectivity index (χ1v) is 5.98. The van der Waals surface area contributed by atoms with E-state index in [9.17, 15) is 5.11 Å². The molecule has 0 aliphatic heterocycles. The van der Waals surface area contributed by atoms with Gasteiger partial charge >= 0.3 is 0 Å². The van der Waals surface area contributed by atoms with Crippen LogP contribution in [0.5, 0.6) is 5.75 Å². The SMILES string of the molecule is COc1ccc(C)cc1C(O)c1occc1Br. The van der Waals surface area contributed by atoms with Gasteiger partial charge in [0.2, 0.25) is 0 Å². The third-order valence-electron chi connectivity index (χ3n) is 2.57. The smallest absolute Gasteiger partial charge is 0.151 e. The summed E-state index contributed by atoms with van der Waals surface area (Å²) in [7, 11) is 1.58. The fourth-order valence-corrected chi connectivity index (χ4v) is 2.13. The molecule has 90 valence electrons. The lowest BCUT2D eigenvalue weighted by Gasteiger charge is -2.14. The molecule has 0 aliphatic carbocycles. The summed E-state index contributed by atoms with van der Waals surface area (Å²) in [5.41, 5.74) is 1.76. The Kier molecular flexibility index (Phi) is 3.54. The van der Waals surface area contributed by atoms with Gasteiger partial charge in [0.25, 0.3) is 0 Å². The molecule has 1 atom stereocenters. The first kappa shape index (κ1) is 12.2. The molecule has 0 spiro atoms. The van der Waals surface area contributed by atoms with Crippen molar-refractivity contribution in [3.05, 3.63) is 51.9 Å². The van der Waals surface area contributed by atoms with E-state index in [1.165, 1.54) is 6.26 Å². The Hall–Kier alpha value is -1.26.